The third kappa shape index (κ3) is 6.65. The van der Waals surface area contributed by atoms with Crippen molar-refractivity contribution in [3.8, 4) is 12.3 Å². The monoisotopic (exact) mass is 557 g/mol. The van der Waals surface area contributed by atoms with E-state index in [0.717, 1.165) is 4.90 Å². The Labute approximate surface area is 232 Å². The van der Waals surface area contributed by atoms with Crippen LogP contribution in [0.5, 0.6) is 0 Å². The van der Waals surface area contributed by atoms with Gasteiger partial charge in [-0.3, -0.25) is 24.1 Å². The fraction of sp³-hybridized carbons (Fsp3) is 0.519. The molecule has 2 aliphatic rings. The van der Waals surface area contributed by atoms with E-state index < -0.39 is 59.3 Å². The van der Waals surface area contributed by atoms with Gasteiger partial charge in [-0.15, -0.1) is 18.2 Å². The SMILES string of the molecule is C#CCNC(=O)[C@@H](NC(=O)[C@H]1N2C(=O)[C@@H](NC(=O)C(C)N(C)C(=O)O)CCS[C@H]2CC1(C)C)c1ccccc1. The molecule has 5 amide bonds. The van der Waals surface area contributed by atoms with Crippen molar-refractivity contribution in [3.05, 3.63) is 35.9 Å². The number of nitrogens with one attached hydrogen (secondary N) is 3. The number of carbonyl (C=O) groups excluding carboxylic acids is 4. The van der Waals surface area contributed by atoms with Crippen LogP contribution in [0.2, 0.25) is 0 Å². The molecule has 12 heteroatoms. The minimum absolute atomic E-state index is 0.00679. The van der Waals surface area contributed by atoms with Crippen LogP contribution in [0.3, 0.4) is 0 Å². The summed E-state index contributed by atoms with van der Waals surface area (Å²) in [6.45, 7) is 5.22. The van der Waals surface area contributed by atoms with Crippen molar-refractivity contribution in [2.24, 2.45) is 5.41 Å². The zero-order chi connectivity index (χ0) is 28.9. The highest BCUT2D eigenvalue weighted by atomic mass is 32.2. The summed E-state index contributed by atoms with van der Waals surface area (Å²) >= 11 is 1.53. The molecule has 2 aliphatic heterocycles. The normalized spacial score (nSPS) is 23.3. The number of hydrogen-bond donors (Lipinski definition) is 4. The van der Waals surface area contributed by atoms with Gasteiger partial charge in [-0.05, 0) is 36.5 Å². The van der Waals surface area contributed by atoms with Crippen molar-refractivity contribution in [1.82, 2.24) is 25.8 Å². The zero-order valence-electron chi connectivity index (χ0n) is 22.5. The van der Waals surface area contributed by atoms with Gasteiger partial charge < -0.3 is 26.0 Å². The predicted molar refractivity (Wildman–Crippen MR) is 146 cm³/mol. The number of thioether (sulfide) groups is 1. The lowest BCUT2D eigenvalue weighted by molar-refractivity contribution is -0.144. The van der Waals surface area contributed by atoms with Crippen LogP contribution in [0.4, 0.5) is 4.79 Å². The maximum atomic E-state index is 13.8. The largest absolute Gasteiger partial charge is 0.465 e. The smallest absolute Gasteiger partial charge is 0.407 e. The number of amides is 5. The third-order valence-electron chi connectivity index (χ3n) is 7.17. The molecule has 0 saturated carbocycles. The molecule has 1 unspecified atom stereocenters. The Morgan fingerprint density at radius 3 is 2.51 bits per heavy atom. The van der Waals surface area contributed by atoms with Gasteiger partial charge in [0.25, 0.3) is 0 Å². The molecule has 2 fully saturated rings. The molecule has 0 spiro atoms. The number of hydrogen-bond acceptors (Lipinski definition) is 6. The second kappa shape index (κ2) is 12.4. The van der Waals surface area contributed by atoms with Crippen molar-refractivity contribution in [2.75, 3.05) is 19.3 Å². The molecule has 0 aliphatic carbocycles. The molecule has 3 rings (SSSR count). The van der Waals surface area contributed by atoms with Crippen LogP contribution >= 0.6 is 11.8 Å². The molecule has 0 bridgehead atoms. The van der Waals surface area contributed by atoms with Gasteiger partial charge in [0.05, 0.1) is 11.9 Å². The quantitative estimate of drug-likeness (QED) is 0.351. The minimum Gasteiger partial charge on any atom is -0.465 e. The average Bonchev–Trinajstić information content (AvgIpc) is 3.09. The first-order valence-electron chi connectivity index (χ1n) is 12.7. The maximum absolute atomic E-state index is 13.8. The molecule has 5 atom stereocenters. The van der Waals surface area contributed by atoms with Crippen LogP contribution in [-0.2, 0) is 19.2 Å². The first-order valence-corrected chi connectivity index (χ1v) is 13.7. The van der Waals surface area contributed by atoms with E-state index in [1.54, 1.807) is 30.3 Å². The van der Waals surface area contributed by atoms with Crippen LogP contribution in [0, 0.1) is 17.8 Å². The molecule has 1 aromatic carbocycles. The summed E-state index contributed by atoms with van der Waals surface area (Å²) in [6.07, 6.45) is 4.90. The van der Waals surface area contributed by atoms with Gasteiger partial charge in [-0.1, -0.05) is 50.1 Å². The second-order valence-corrected chi connectivity index (χ2v) is 11.6. The zero-order valence-corrected chi connectivity index (χ0v) is 23.3. The van der Waals surface area contributed by atoms with Gasteiger partial charge >= 0.3 is 6.09 Å². The summed E-state index contributed by atoms with van der Waals surface area (Å²) in [5.41, 5.74) is -0.0672. The highest BCUT2D eigenvalue weighted by Gasteiger charge is 2.54. The van der Waals surface area contributed by atoms with E-state index in [4.69, 9.17) is 6.42 Å². The number of terminal acetylenes is 1. The van der Waals surface area contributed by atoms with Crippen molar-refractivity contribution < 1.29 is 29.1 Å². The number of carbonyl (C=O) groups is 5. The first-order chi connectivity index (χ1) is 18.4. The number of benzene rings is 1. The number of nitrogens with zero attached hydrogens (tertiary/aromatic N) is 2. The van der Waals surface area contributed by atoms with Gasteiger partial charge in [0.2, 0.25) is 23.6 Å². The van der Waals surface area contributed by atoms with Gasteiger partial charge in [-0.2, -0.15) is 0 Å². The number of fused-ring (bicyclic) bond motifs is 1. The Kier molecular flexibility index (Phi) is 9.50. The molecule has 0 aromatic heterocycles. The fourth-order valence-corrected chi connectivity index (χ4v) is 6.47. The Bertz CT molecular complexity index is 1150. The van der Waals surface area contributed by atoms with Crippen molar-refractivity contribution in [3.63, 3.8) is 0 Å². The molecule has 1 aromatic rings. The molecule has 2 heterocycles. The van der Waals surface area contributed by atoms with Gasteiger partial charge in [0.1, 0.15) is 24.2 Å². The van der Waals surface area contributed by atoms with Crippen LogP contribution in [0.15, 0.2) is 30.3 Å². The summed E-state index contributed by atoms with van der Waals surface area (Å²) in [5, 5.41) is 17.0. The van der Waals surface area contributed by atoms with E-state index >= 15 is 0 Å². The van der Waals surface area contributed by atoms with E-state index in [-0.39, 0.29) is 11.9 Å². The fourth-order valence-electron chi connectivity index (χ4n) is 4.89. The van der Waals surface area contributed by atoms with Gasteiger partial charge in [0, 0.05) is 7.05 Å². The summed E-state index contributed by atoms with van der Waals surface area (Å²) < 4.78 is 0. The Morgan fingerprint density at radius 2 is 1.90 bits per heavy atom. The molecule has 39 heavy (non-hydrogen) atoms. The molecule has 0 radical (unpaired) electrons. The highest BCUT2D eigenvalue weighted by Crippen LogP contribution is 2.46. The molecule has 4 N–H and O–H groups in total. The molecule has 11 nitrogen and oxygen atoms in total. The summed E-state index contributed by atoms with van der Waals surface area (Å²) in [7, 11) is 1.28. The van der Waals surface area contributed by atoms with Gasteiger partial charge in [0.15, 0.2) is 0 Å². The lowest BCUT2D eigenvalue weighted by atomic mass is 9.83. The molecular formula is C27H35N5O6S. The van der Waals surface area contributed by atoms with Crippen LogP contribution in [-0.4, -0.2) is 87.5 Å². The van der Waals surface area contributed by atoms with Crippen molar-refractivity contribution in [1.29, 1.82) is 0 Å². The maximum Gasteiger partial charge on any atom is 0.407 e. The number of carboxylic acid groups (broad SMARTS) is 1. The van der Waals surface area contributed by atoms with E-state index in [0.29, 0.717) is 24.2 Å². The lowest BCUT2D eigenvalue weighted by Gasteiger charge is -2.35. The van der Waals surface area contributed by atoms with Crippen molar-refractivity contribution in [2.45, 2.75) is 63.2 Å². The molecular weight excluding hydrogens is 522 g/mol. The number of likely N-dealkylation sites (N-methyl/N-ethyl adjacent to an activating group) is 1. The van der Waals surface area contributed by atoms with Crippen LogP contribution in [0.25, 0.3) is 0 Å². The van der Waals surface area contributed by atoms with E-state index in [2.05, 4.69) is 21.9 Å². The van der Waals surface area contributed by atoms with E-state index in [1.807, 2.05) is 13.8 Å². The summed E-state index contributed by atoms with van der Waals surface area (Å²) in [4.78, 5) is 67.0. The lowest BCUT2D eigenvalue weighted by Crippen LogP contribution is -2.59. The Balaban J connectivity index is 1.86. The second-order valence-electron chi connectivity index (χ2n) is 10.4. The Morgan fingerprint density at radius 1 is 1.23 bits per heavy atom. The summed E-state index contributed by atoms with van der Waals surface area (Å²) in [6, 6.07) is 4.87. The predicted octanol–water partition coefficient (Wildman–Crippen LogP) is 1.17. The van der Waals surface area contributed by atoms with E-state index in [1.165, 1.54) is 30.6 Å². The minimum atomic E-state index is -1.27. The molecule has 210 valence electrons. The van der Waals surface area contributed by atoms with Crippen LogP contribution in [0.1, 0.15) is 45.2 Å². The molecule has 2 saturated heterocycles. The number of rotatable bonds is 8. The van der Waals surface area contributed by atoms with Crippen LogP contribution < -0.4 is 16.0 Å². The van der Waals surface area contributed by atoms with E-state index in [9.17, 15) is 29.1 Å². The summed E-state index contributed by atoms with van der Waals surface area (Å²) in [5.74, 6) is 0.926. The Hall–Kier alpha value is -3.72. The van der Waals surface area contributed by atoms with Crippen molar-refractivity contribution >= 4 is 41.5 Å². The first kappa shape index (κ1) is 29.8. The topological polar surface area (TPSA) is 148 Å². The highest BCUT2D eigenvalue weighted by molar-refractivity contribution is 7.99. The standard InChI is InChI=1S/C27H35N5O6S/c1-6-13-28-23(34)20(17-10-8-7-9-11-17)30-24(35)21-27(3,4)15-19-32(21)25(36)18(12-14-39-19)29-22(33)16(2)31(5)26(37)38/h1,7-11,16,18-21H,12-15H2,2-5H3,(H,28,34)(H,29,33)(H,30,35)(H,37,38)/t16?,18-,19-,20-,21+/m0/s1. The third-order valence-corrected chi connectivity index (χ3v) is 8.42. The van der Waals surface area contributed by atoms with Gasteiger partial charge in [-0.25, -0.2) is 4.79 Å². The average molecular weight is 558 g/mol.